The number of rotatable bonds is 11. The summed E-state index contributed by atoms with van der Waals surface area (Å²) in [4.78, 5) is 0. The van der Waals surface area contributed by atoms with Crippen molar-refractivity contribution in [1.29, 1.82) is 0 Å². The average molecular weight is 288 g/mol. The van der Waals surface area contributed by atoms with Gasteiger partial charge in [-0.15, -0.1) is 6.58 Å². The molecule has 1 heterocycles. The number of hydrogen-bond donors (Lipinski definition) is 3. The van der Waals surface area contributed by atoms with Crippen LogP contribution in [-0.4, -0.2) is 59.6 Å². The normalized spacial score (nSPS) is 27.6. The second-order valence-corrected chi connectivity index (χ2v) is 5.30. The topological polar surface area (TPSA) is 79.2 Å². The number of ether oxygens (including phenoxy) is 2. The molecule has 1 rings (SSSR count). The Morgan fingerprint density at radius 1 is 1.25 bits per heavy atom. The lowest BCUT2D eigenvalue weighted by atomic mass is 10.1. The van der Waals surface area contributed by atoms with Gasteiger partial charge in [0, 0.05) is 6.61 Å². The van der Waals surface area contributed by atoms with E-state index in [1.807, 2.05) is 6.08 Å². The monoisotopic (exact) mass is 288 g/mol. The summed E-state index contributed by atoms with van der Waals surface area (Å²) in [6.45, 7) is 3.99. The summed E-state index contributed by atoms with van der Waals surface area (Å²) in [5.41, 5.74) is 0. The van der Waals surface area contributed by atoms with Crippen LogP contribution in [0, 0.1) is 0 Å². The van der Waals surface area contributed by atoms with Crippen LogP contribution < -0.4 is 0 Å². The fourth-order valence-corrected chi connectivity index (χ4v) is 2.40. The lowest BCUT2D eigenvalue weighted by molar-refractivity contribution is -0.0938. The van der Waals surface area contributed by atoms with Crippen molar-refractivity contribution in [2.24, 2.45) is 0 Å². The van der Waals surface area contributed by atoms with Crippen LogP contribution in [-0.2, 0) is 9.47 Å². The molecule has 118 valence electrons. The highest BCUT2D eigenvalue weighted by atomic mass is 16.6. The molecular weight excluding hydrogens is 260 g/mol. The first-order valence-electron chi connectivity index (χ1n) is 7.51. The highest BCUT2D eigenvalue weighted by Crippen LogP contribution is 2.21. The van der Waals surface area contributed by atoms with E-state index in [-0.39, 0.29) is 13.2 Å². The Morgan fingerprint density at radius 2 is 1.95 bits per heavy atom. The van der Waals surface area contributed by atoms with Crippen LogP contribution in [0.4, 0.5) is 0 Å². The van der Waals surface area contributed by atoms with Crippen molar-refractivity contribution in [2.45, 2.75) is 62.9 Å². The van der Waals surface area contributed by atoms with Crippen LogP contribution >= 0.6 is 0 Å². The van der Waals surface area contributed by atoms with Gasteiger partial charge in [-0.2, -0.15) is 0 Å². The Bertz CT molecular complexity index is 259. The summed E-state index contributed by atoms with van der Waals surface area (Å²) in [5.74, 6) is 0. The van der Waals surface area contributed by atoms with E-state index >= 15 is 0 Å². The average Bonchev–Trinajstić information content (AvgIpc) is 2.82. The van der Waals surface area contributed by atoms with E-state index in [0.717, 1.165) is 19.3 Å². The summed E-state index contributed by atoms with van der Waals surface area (Å²) in [6.07, 6.45) is 5.68. The highest BCUT2D eigenvalue weighted by molar-refractivity contribution is 4.89. The van der Waals surface area contributed by atoms with Crippen molar-refractivity contribution in [1.82, 2.24) is 0 Å². The van der Waals surface area contributed by atoms with Crippen molar-refractivity contribution < 1.29 is 24.8 Å². The summed E-state index contributed by atoms with van der Waals surface area (Å²) in [6, 6.07) is 0. The highest BCUT2D eigenvalue weighted by Gasteiger charge is 2.40. The maximum absolute atomic E-state index is 9.75. The molecule has 0 unspecified atom stereocenters. The standard InChI is InChI=1S/C15H28O5/c1-2-3-4-5-6-7-8-9-19-15-13(18)11-20-14(15)12(17)10-16/h2,12-18H,1,3-11H2/t12-,13+,14-,15-/m0/s1. The largest absolute Gasteiger partial charge is 0.394 e. The minimum absolute atomic E-state index is 0.147. The first kappa shape index (κ1) is 17.6. The third-order valence-corrected chi connectivity index (χ3v) is 3.59. The molecule has 0 radical (unpaired) electrons. The summed E-state index contributed by atoms with van der Waals surface area (Å²) < 4.78 is 10.9. The number of aliphatic hydroxyl groups is 3. The molecule has 5 nitrogen and oxygen atoms in total. The first-order chi connectivity index (χ1) is 9.70. The van der Waals surface area contributed by atoms with Gasteiger partial charge in [0.2, 0.25) is 0 Å². The Balaban J connectivity index is 2.11. The zero-order chi connectivity index (χ0) is 14.8. The molecule has 5 heteroatoms. The fraction of sp³-hybridized carbons (Fsp3) is 0.867. The molecule has 3 N–H and O–H groups in total. The lowest BCUT2D eigenvalue weighted by Gasteiger charge is -2.23. The Labute approximate surface area is 121 Å². The predicted octanol–water partition coefficient (Wildman–Crippen LogP) is 1.01. The van der Waals surface area contributed by atoms with Gasteiger partial charge in [0.05, 0.1) is 13.2 Å². The molecule has 0 aromatic rings. The van der Waals surface area contributed by atoms with Crippen LogP contribution in [0.5, 0.6) is 0 Å². The van der Waals surface area contributed by atoms with Gasteiger partial charge < -0.3 is 24.8 Å². The van der Waals surface area contributed by atoms with Crippen LogP contribution in [0.3, 0.4) is 0 Å². The smallest absolute Gasteiger partial charge is 0.114 e. The Morgan fingerprint density at radius 3 is 2.65 bits per heavy atom. The Hall–Kier alpha value is -0.460. The molecule has 0 aromatic heterocycles. The van der Waals surface area contributed by atoms with E-state index in [9.17, 15) is 10.2 Å². The zero-order valence-electron chi connectivity index (χ0n) is 12.1. The Kier molecular flexibility index (Phi) is 9.05. The van der Waals surface area contributed by atoms with Crippen molar-refractivity contribution in [3.63, 3.8) is 0 Å². The quantitative estimate of drug-likeness (QED) is 0.391. The molecule has 1 aliphatic heterocycles. The van der Waals surface area contributed by atoms with E-state index in [1.165, 1.54) is 19.3 Å². The van der Waals surface area contributed by atoms with Gasteiger partial charge in [-0.05, 0) is 19.3 Å². The third-order valence-electron chi connectivity index (χ3n) is 3.59. The molecule has 4 atom stereocenters. The molecule has 0 aromatic carbocycles. The number of aliphatic hydroxyl groups excluding tert-OH is 3. The van der Waals surface area contributed by atoms with E-state index in [4.69, 9.17) is 14.6 Å². The van der Waals surface area contributed by atoms with Crippen LogP contribution in [0.2, 0.25) is 0 Å². The molecule has 0 saturated carbocycles. The second kappa shape index (κ2) is 10.3. The molecule has 0 amide bonds. The van der Waals surface area contributed by atoms with E-state index < -0.39 is 24.4 Å². The van der Waals surface area contributed by atoms with Gasteiger partial charge in [0.1, 0.15) is 24.4 Å². The number of hydrogen-bond acceptors (Lipinski definition) is 5. The number of allylic oxidation sites excluding steroid dienone is 1. The molecule has 1 saturated heterocycles. The summed E-state index contributed by atoms with van der Waals surface area (Å²) in [5, 5.41) is 28.3. The maximum Gasteiger partial charge on any atom is 0.114 e. The van der Waals surface area contributed by atoms with Gasteiger partial charge >= 0.3 is 0 Å². The molecule has 20 heavy (non-hydrogen) atoms. The van der Waals surface area contributed by atoms with Gasteiger partial charge in [0.15, 0.2) is 0 Å². The van der Waals surface area contributed by atoms with Gasteiger partial charge in [-0.1, -0.05) is 25.3 Å². The first-order valence-corrected chi connectivity index (χ1v) is 7.51. The van der Waals surface area contributed by atoms with Crippen molar-refractivity contribution in [2.75, 3.05) is 19.8 Å². The minimum atomic E-state index is -1.00. The summed E-state index contributed by atoms with van der Waals surface area (Å²) in [7, 11) is 0. The molecule has 0 bridgehead atoms. The molecular formula is C15H28O5. The van der Waals surface area contributed by atoms with E-state index in [1.54, 1.807) is 0 Å². The molecule has 1 aliphatic rings. The molecule has 1 fully saturated rings. The van der Waals surface area contributed by atoms with Gasteiger partial charge in [0.25, 0.3) is 0 Å². The molecule has 0 aliphatic carbocycles. The van der Waals surface area contributed by atoms with E-state index in [0.29, 0.717) is 6.61 Å². The van der Waals surface area contributed by atoms with Crippen LogP contribution in [0.15, 0.2) is 12.7 Å². The van der Waals surface area contributed by atoms with Crippen molar-refractivity contribution in [3.8, 4) is 0 Å². The lowest BCUT2D eigenvalue weighted by Crippen LogP contribution is -2.42. The minimum Gasteiger partial charge on any atom is -0.394 e. The SMILES string of the molecule is C=CCCCCCCCO[C@@H]1[C@H]([C@@H](O)CO)OC[C@H]1O. The van der Waals surface area contributed by atoms with E-state index in [2.05, 4.69) is 6.58 Å². The second-order valence-electron chi connectivity index (χ2n) is 5.30. The van der Waals surface area contributed by atoms with Crippen molar-refractivity contribution >= 4 is 0 Å². The van der Waals surface area contributed by atoms with Crippen LogP contribution in [0.25, 0.3) is 0 Å². The van der Waals surface area contributed by atoms with Crippen molar-refractivity contribution in [3.05, 3.63) is 12.7 Å². The number of unbranched alkanes of at least 4 members (excludes halogenated alkanes) is 5. The third kappa shape index (κ3) is 5.89. The molecule has 0 spiro atoms. The van der Waals surface area contributed by atoms with Gasteiger partial charge in [-0.25, -0.2) is 0 Å². The zero-order valence-corrected chi connectivity index (χ0v) is 12.1. The predicted molar refractivity (Wildman–Crippen MR) is 76.5 cm³/mol. The van der Waals surface area contributed by atoms with Crippen LogP contribution in [0.1, 0.15) is 38.5 Å². The van der Waals surface area contributed by atoms with Gasteiger partial charge in [-0.3, -0.25) is 0 Å². The fourth-order valence-electron chi connectivity index (χ4n) is 2.40. The summed E-state index contributed by atoms with van der Waals surface area (Å²) >= 11 is 0. The maximum atomic E-state index is 9.75.